The first-order valence-electron chi connectivity index (χ1n) is 5.07. The second-order valence-corrected chi connectivity index (χ2v) is 5.29. The number of nitrogens with one attached hydrogen (secondary N) is 1. The first-order chi connectivity index (χ1) is 8.95. The van der Waals surface area contributed by atoms with E-state index in [1.807, 2.05) is 0 Å². The lowest BCUT2D eigenvalue weighted by atomic mass is 10.3. The Morgan fingerprint density at radius 3 is 2.47 bits per heavy atom. The van der Waals surface area contributed by atoms with Crippen LogP contribution in [-0.2, 0) is 4.79 Å². The third-order valence-corrected chi connectivity index (χ3v) is 3.50. The fourth-order valence-electron chi connectivity index (χ4n) is 1.19. The first kappa shape index (κ1) is 16.0. The molecule has 0 aliphatic carbocycles. The largest absolute Gasteiger partial charge is 0.396 e. The summed E-state index contributed by atoms with van der Waals surface area (Å²) in [6.07, 6.45) is 0. The fourth-order valence-corrected chi connectivity index (χ4v) is 2.29. The Hall–Kier alpha value is -1.02. The minimum Gasteiger partial charge on any atom is -0.396 e. The molecule has 9 heteroatoms. The van der Waals surface area contributed by atoms with Crippen LogP contribution in [0.5, 0.6) is 0 Å². The maximum Gasteiger partial charge on any atom is 0.272 e. The molecule has 0 aliphatic heterocycles. The van der Waals surface area contributed by atoms with Gasteiger partial charge >= 0.3 is 0 Å². The van der Waals surface area contributed by atoms with E-state index in [2.05, 4.69) is 5.32 Å². The molecule has 0 aromatic heterocycles. The summed E-state index contributed by atoms with van der Waals surface area (Å²) in [6.45, 7) is -0.0169. The number of thioether (sulfide) groups is 1. The highest BCUT2D eigenvalue weighted by atomic mass is 35.5. The number of hydrogen-bond acceptors (Lipinski definition) is 5. The van der Waals surface area contributed by atoms with Crippen molar-refractivity contribution >= 4 is 52.2 Å². The molecule has 1 aromatic carbocycles. The van der Waals surface area contributed by atoms with Gasteiger partial charge in [-0.25, -0.2) is 0 Å². The summed E-state index contributed by atoms with van der Waals surface area (Å²) < 4.78 is 0. The van der Waals surface area contributed by atoms with Crippen LogP contribution < -0.4 is 5.32 Å². The van der Waals surface area contributed by atoms with Crippen LogP contribution in [0, 0.1) is 10.1 Å². The van der Waals surface area contributed by atoms with Crippen LogP contribution in [0.15, 0.2) is 12.1 Å². The number of halogens is 2. The topological polar surface area (TPSA) is 92.5 Å². The second kappa shape index (κ2) is 7.54. The lowest BCUT2D eigenvalue weighted by molar-refractivity contribution is -0.384. The number of aliphatic hydroxyl groups is 1. The van der Waals surface area contributed by atoms with E-state index < -0.39 is 4.92 Å². The van der Waals surface area contributed by atoms with E-state index in [1.54, 1.807) is 0 Å². The molecule has 0 fully saturated rings. The smallest absolute Gasteiger partial charge is 0.272 e. The highest BCUT2D eigenvalue weighted by molar-refractivity contribution is 7.99. The standard InChI is InChI=1S/C10H10Cl2N2O4S/c11-7-3-6(14(17)18)4-8(12)10(7)13-9(16)5-19-2-1-15/h3-4,15H,1-2,5H2,(H,13,16). The summed E-state index contributed by atoms with van der Waals surface area (Å²) in [5, 5.41) is 21.6. The number of nitro groups is 1. The number of benzene rings is 1. The van der Waals surface area contributed by atoms with Gasteiger partial charge < -0.3 is 10.4 Å². The number of carbonyl (C=O) groups excluding carboxylic acids is 1. The number of nitro benzene ring substituents is 1. The summed E-state index contributed by atoms with van der Waals surface area (Å²) in [5.41, 5.74) is -0.105. The van der Waals surface area contributed by atoms with Crippen LogP contribution in [0.4, 0.5) is 11.4 Å². The Kier molecular flexibility index (Phi) is 6.36. The number of non-ortho nitro benzene ring substituents is 1. The van der Waals surface area contributed by atoms with E-state index in [1.165, 1.54) is 11.8 Å². The van der Waals surface area contributed by atoms with Crippen molar-refractivity contribution in [3.05, 3.63) is 32.3 Å². The van der Waals surface area contributed by atoms with Crippen LogP contribution in [0.25, 0.3) is 0 Å². The Morgan fingerprint density at radius 2 is 2.00 bits per heavy atom. The minimum atomic E-state index is -0.625. The number of amides is 1. The average Bonchev–Trinajstić information content (AvgIpc) is 2.33. The molecule has 0 spiro atoms. The van der Waals surface area contributed by atoms with Crippen LogP contribution in [0.1, 0.15) is 0 Å². The van der Waals surface area contributed by atoms with Gasteiger partial charge in [0.1, 0.15) is 0 Å². The van der Waals surface area contributed by atoms with Crippen LogP contribution in [-0.4, -0.2) is 34.0 Å². The summed E-state index contributed by atoms with van der Waals surface area (Å²) in [5.74, 6) is 0.218. The maximum atomic E-state index is 11.5. The van der Waals surface area contributed by atoms with Crippen molar-refractivity contribution in [2.24, 2.45) is 0 Å². The van der Waals surface area contributed by atoms with Gasteiger partial charge in [0.2, 0.25) is 5.91 Å². The van der Waals surface area contributed by atoms with E-state index >= 15 is 0 Å². The molecular weight excluding hydrogens is 315 g/mol. The molecule has 1 aromatic rings. The number of carbonyl (C=O) groups is 1. The molecule has 0 heterocycles. The van der Waals surface area contributed by atoms with Crippen molar-refractivity contribution in [1.82, 2.24) is 0 Å². The minimum absolute atomic E-state index is 0.000270. The zero-order chi connectivity index (χ0) is 14.4. The Balaban J connectivity index is 2.79. The van der Waals surface area contributed by atoms with Crippen molar-refractivity contribution < 1.29 is 14.8 Å². The van der Waals surface area contributed by atoms with Crippen LogP contribution >= 0.6 is 35.0 Å². The van der Waals surface area contributed by atoms with E-state index in [4.69, 9.17) is 28.3 Å². The van der Waals surface area contributed by atoms with Crippen LogP contribution in [0.3, 0.4) is 0 Å². The molecule has 1 amide bonds. The van der Waals surface area contributed by atoms with Crippen LogP contribution in [0.2, 0.25) is 10.0 Å². The summed E-state index contributed by atoms with van der Waals surface area (Å²) in [7, 11) is 0. The van der Waals surface area contributed by atoms with Crippen molar-refractivity contribution in [2.45, 2.75) is 0 Å². The van der Waals surface area contributed by atoms with E-state index in [-0.39, 0.29) is 39.7 Å². The Labute approximate surface area is 123 Å². The molecule has 2 N–H and O–H groups in total. The number of aliphatic hydroxyl groups excluding tert-OH is 1. The van der Waals surface area contributed by atoms with Gasteiger partial charge in [0.05, 0.1) is 33.0 Å². The summed E-state index contributed by atoms with van der Waals surface area (Å²) >= 11 is 12.9. The monoisotopic (exact) mass is 324 g/mol. The van der Waals surface area contributed by atoms with Crippen molar-refractivity contribution in [2.75, 3.05) is 23.4 Å². The van der Waals surface area contributed by atoms with E-state index in [9.17, 15) is 14.9 Å². The molecule has 104 valence electrons. The molecule has 0 aliphatic rings. The highest BCUT2D eigenvalue weighted by Gasteiger charge is 2.16. The van der Waals surface area contributed by atoms with Gasteiger partial charge in [-0.2, -0.15) is 0 Å². The third kappa shape index (κ3) is 4.87. The molecule has 19 heavy (non-hydrogen) atoms. The van der Waals surface area contributed by atoms with E-state index in [0.29, 0.717) is 5.75 Å². The summed E-state index contributed by atoms with van der Waals surface area (Å²) in [4.78, 5) is 21.5. The fraction of sp³-hybridized carbons (Fsp3) is 0.300. The van der Waals surface area contributed by atoms with Crippen molar-refractivity contribution in [3.63, 3.8) is 0 Å². The third-order valence-electron chi connectivity index (χ3n) is 1.97. The van der Waals surface area contributed by atoms with Gasteiger partial charge in [-0.05, 0) is 0 Å². The first-order valence-corrected chi connectivity index (χ1v) is 6.98. The molecule has 1 rings (SSSR count). The zero-order valence-corrected chi connectivity index (χ0v) is 11.9. The highest BCUT2D eigenvalue weighted by Crippen LogP contribution is 2.34. The normalized spacial score (nSPS) is 10.3. The molecule has 0 unspecified atom stereocenters. The molecule has 0 saturated carbocycles. The summed E-state index contributed by atoms with van der Waals surface area (Å²) in [6, 6.07) is 2.23. The molecular formula is C10H10Cl2N2O4S. The van der Waals surface area contributed by atoms with Crippen molar-refractivity contribution in [3.8, 4) is 0 Å². The molecule has 6 nitrogen and oxygen atoms in total. The quantitative estimate of drug-likeness (QED) is 0.476. The molecule has 0 bridgehead atoms. The SMILES string of the molecule is O=C(CSCCO)Nc1c(Cl)cc([N+](=O)[O-])cc1Cl. The van der Waals surface area contributed by atoms with Gasteiger partial charge in [0.15, 0.2) is 0 Å². The number of anilines is 1. The lowest BCUT2D eigenvalue weighted by Gasteiger charge is -2.09. The molecule has 0 atom stereocenters. The van der Waals surface area contributed by atoms with Crippen molar-refractivity contribution in [1.29, 1.82) is 0 Å². The molecule has 0 saturated heterocycles. The average molecular weight is 325 g/mol. The Bertz CT molecular complexity index is 475. The number of nitrogens with zero attached hydrogens (tertiary/aromatic N) is 1. The van der Waals surface area contributed by atoms with Gasteiger partial charge in [-0.1, -0.05) is 23.2 Å². The maximum absolute atomic E-state index is 11.5. The predicted octanol–water partition coefficient (Wildman–Crippen LogP) is 2.57. The van der Waals surface area contributed by atoms with Gasteiger partial charge in [-0.3, -0.25) is 14.9 Å². The Morgan fingerprint density at radius 1 is 1.42 bits per heavy atom. The number of hydrogen-bond donors (Lipinski definition) is 2. The lowest BCUT2D eigenvalue weighted by Crippen LogP contribution is -2.15. The number of rotatable bonds is 6. The second-order valence-electron chi connectivity index (χ2n) is 3.37. The zero-order valence-electron chi connectivity index (χ0n) is 9.56. The van der Waals surface area contributed by atoms with E-state index in [0.717, 1.165) is 12.1 Å². The predicted molar refractivity (Wildman–Crippen MR) is 76.2 cm³/mol. The molecule has 0 radical (unpaired) electrons. The van der Waals surface area contributed by atoms with Gasteiger partial charge in [0, 0.05) is 17.9 Å². The van der Waals surface area contributed by atoms with Gasteiger partial charge in [0.25, 0.3) is 5.69 Å². The van der Waals surface area contributed by atoms with Gasteiger partial charge in [-0.15, -0.1) is 11.8 Å².